The minimum Gasteiger partial charge on any atom is -0.336 e. The fourth-order valence-electron chi connectivity index (χ4n) is 2.78. The van der Waals surface area contributed by atoms with Gasteiger partial charge in [-0.05, 0) is 61.7 Å². The maximum Gasteiger partial charge on any atom is 0.123 e. The molecule has 25 heavy (non-hydrogen) atoms. The van der Waals surface area contributed by atoms with Gasteiger partial charge in [0.15, 0.2) is 0 Å². The topological polar surface area (TPSA) is 17.8 Å². The maximum absolute atomic E-state index is 13.1. The Morgan fingerprint density at radius 1 is 1.12 bits per heavy atom. The van der Waals surface area contributed by atoms with Crippen LogP contribution in [0.3, 0.4) is 0 Å². The number of benzene rings is 2. The van der Waals surface area contributed by atoms with E-state index in [0.717, 1.165) is 30.0 Å². The fraction of sp³-hybridized carbons (Fsp3) is 0.250. The van der Waals surface area contributed by atoms with E-state index in [1.807, 2.05) is 48.6 Å². The van der Waals surface area contributed by atoms with Gasteiger partial charge in [-0.1, -0.05) is 23.7 Å². The molecule has 0 bridgehead atoms. The van der Waals surface area contributed by atoms with E-state index in [2.05, 4.69) is 28.6 Å². The van der Waals surface area contributed by atoms with E-state index in [9.17, 15) is 4.39 Å². The summed E-state index contributed by atoms with van der Waals surface area (Å²) in [6, 6.07) is 14.7. The lowest BCUT2D eigenvalue weighted by atomic mass is 10.00. The van der Waals surface area contributed by atoms with Crippen molar-refractivity contribution in [2.45, 2.75) is 36.0 Å². The fourth-order valence-corrected chi connectivity index (χ4v) is 4.16. The number of hydrogen-bond acceptors (Lipinski definition) is 2. The second kappa shape index (κ2) is 8.07. The molecule has 0 amide bonds. The lowest BCUT2D eigenvalue weighted by molar-refractivity contribution is 0.495. The zero-order chi connectivity index (χ0) is 17.7. The second-order valence-corrected chi connectivity index (χ2v) is 8.46. The molecule has 2 nitrogen and oxygen atoms in total. The van der Waals surface area contributed by atoms with Gasteiger partial charge < -0.3 is 4.57 Å². The first-order valence-corrected chi connectivity index (χ1v) is 9.37. The van der Waals surface area contributed by atoms with Gasteiger partial charge in [-0.25, -0.2) is 9.37 Å². The highest BCUT2D eigenvalue weighted by atomic mass is 35.5. The van der Waals surface area contributed by atoms with E-state index in [1.165, 1.54) is 17.0 Å². The Balaban J connectivity index is 1.75. The van der Waals surface area contributed by atoms with Crippen molar-refractivity contribution in [3.8, 4) is 0 Å². The molecule has 0 aliphatic rings. The molecule has 0 fully saturated rings. The van der Waals surface area contributed by atoms with Gasteiger partial charge in [-0.2, -0.15) is 0 Å². The average molecular weight is 375 g/mol. The van der Waals surface area contributed by atoms with Crippen molar-refractivity contribution < 1.29 is 4.39 Å². The number of thioether (sulfide) groups is 1. The van der Waals surface area contributed by atoms with Crippen LogP contribution >= 0.6 is 23.4 Å². The van der Waals surface area contributed by atoms with Gasteiger partial charge in [0.2, 0.25) is 0 Å². The van der Waals surface area contributed by atoms with Crippen molar-refractivity contribution in [1.82, 2.24) is 9.55 Å². The van der Waals surface area contributed by atoms with Crippen molar-refractivity contribution >= 4 is 23.4 Å². The lowest BCUT2D eigenvalue weighted by Crippen LogP contribution is -2.27. The van der Waals surface area contributed by atoms with E-state index in [-0.39, 0.29) is 10.6 Å². The molecule has 1 atom stereocenters. The highest BCUT2D eigenvalue weighted by Gasteiger charge is 2.26. The van der Waals surface area contributed by atoms with Gasteiger partial charge in [0, 0.05) is 33.6 Å². The predicted molar refractivity (Wildman–Crippen MR) is 103 cm³/mol. The Hall–Kier alpha value is -1.78. The van der Waals surface area contributed by atoms with Crippen LogP contribution in [0.4, 0.5) is 4.39 Å². The van der Waals surface area contributed by atoms with Crippen molar-refractivity contribution in [3.05, 3.63) is 83.7 Å². The van der Waals surface area contributed by atoms with Crippen LogP contribution in [0.2, 0.25) is 5.02 Å². The second-order valence-electron chi connectivity index (χ2n) is 6.37. The molecule has 0 aliphatic heterocycles. The summed E-state index contributed by atoms with van der Waals surface area (Å²) in [7, 11) is 0. The summed E-state index contributed by atoms with van der Waals surface area (Å²) >= 11 is 7.84. The number of aromatic nitrogens is 2. The van der Waals surface area contributed by atoms with Crippen LogP contribution in [-0.4, -0.2) is 14.3 Å². The largest absolute Gasteiger partial charge is 0.336 e. The minimum atomic E-state index is -0.194. The number of halogens is 2. The van der Waals surface area contributed by atoms with Crippen molar-refractivity contribution in [3.63, 3.8) is 0 Å². The first kappa shape index (κ1) is 18.0. The summed E-state index contributed by atoms with van der Waals surface area (Å²) in [6.45, 7) is 3.11. The third-order valence-electron chi connectivity index (χ3n) is 4.11. The van der Waals surface area contributed by atoms with Gasteiger partial charge in [0.1, 0.15) is 5.82 Å². The van der Waals surface area contributed by atoms with E-state index in [1.54, 1.807) is 6.20 Å². The molecular formula is C20H20ClFN2S. The minimum absolute atomic E-state index is 0.0249. The predicted octanol–water partition coefficient (Wildman–Crippen LogP) is 5.86. The lowest BCUT2D eigenvalue weighted by Gasteiger charge is -2.29. The van der Waals surface area contributed by atoms with Crippen LogP contribution in [0.15, 0.2) is 72.1 Å². The van der Waals surface area contributed by atoms with Gasteiger partial charge in [-0.15, -0.1) is 11.8 Å². The molecule has 3 rings (SSSR count). The SMILES string of the molecule is CC(CCc1ccc(F)cc1)(Cn1ccnc1)Sc1ccc(Cl)cc1. The van der Waals surface area contributed by atoms with Crippen LogP contribution in [0, 0.1) is 5.82 Å². The van der Waals surface area contributed by atoms with Crippen LogP contribution < -0.4 is 0 Å². The average Bonchev–Trinajstić information content (AvgIpc) is 3.09. The Morgan fingerprint density at radius 3 is 2.48 bits per heavy atom. The Labute approximate surface area is 157 Å². The number of hydrogen-bond donors (Lipinski definition) is 0. The number of nitrogens with zero attached hydrogens (tertiary/aromatic N) is 2. The van der Waals surface area contributed by atoms with Crippen molar-refractivity contribution in [2.24, 2.45) is 0 Å². The molecule has 1 unspecified atom stereocenters. The normalized spacial score (nSPS) is 13.6. The molecule has 0 aliphatic carbocycles. The molecule has 0 spiro atoms. The third kappa shape index (κ3) is 5.35. The molecule has 1 aromatic heterocycles. The molecule has 130 valence electrons. The highest BCUT2D eigenvalue weighted by Crippen LogP contribution is 2.38. The van der Waals surface area contributed by atoms with Crippen molar-refractivity contribution in [1.29, 1.82) is 0 Å². The van der Waals surface area contributed by atoms with E-state index in [4.69, 9.17) is 11.6 Å². The van der Waals surface area contributed by atoms with Gasteiger partial charge in [0.05, 0.1) is 6.33 Å². The first-order chi connectivity index (χ1) is 12.0. The van der Waals surface area contributed by atoms with Gasteiger partial charge in [0.25, 0.3) is 0 Å². The smallest absolute Gasteiger partial charge is 0.123 e. The number of aryl methyl sites for hydroxylation is 1. The molecule has 5 heteroatoms. The van der Waals surface area contributed by atoms with Crippen LogP contribution in [0.1, 0.15) is 18.9 Å². The summed E-state index contributed by atoms with van der Waals surface area (Å²) in [4.78, 5) is 5.33. The molecular weight excluding hydrogens is 355 g/mol. The molecule has 3 aromatic rings. The molecule has 0 saturated heterocycles. The van der Waals surface area contributed by atoms with E-state index < -0.39 is 0 Å². The molecule has 0 radical (unpaired) electrons. The quantitative estimate of drug-likeness (QED) is 0.482. The molecule has 0 saturated carbocycles. The molecule has 1 heterocycles. The summed E-state index contributed by atoms with van der Waals surface area (Å²) < 4.78 is 15.2. The summed E-state index contributed by atoms with van der Waals surface area (Å²) in [5.74, 6) is -0.194. The first-order valence-electron chi connectivity index (χ1n) is 8.17. The van der Waals surface area contributed by atoms with Crippen LogP contribution in [0.5, 0.6) is 0 Å². The zero-order valence-electron chi connectivity index (χ0n) is 14.0. The zero-order valence-corrected chi connectivity index (χ0v) is 15.6. The summed E-state index contributed by atoms with van der Waals surface area (Å²) in [6.07, 6.45) is 7.49. The monoisotopic (exact) mass is 374 g/mol. The van der Waals surface area contributed by atoms with Crippen LogP contribution in [0.25, 0.3) is 0 Å². The molecule has 2 aromatic carbocycles. The van der Waals surface area contributed by atoms with E-state index >= 15 is 0 Å². The Kier molecular flexibility index (Phi) is 5.82. The van der Waals surface area contributed by atoms with Gasteiger partial charge >= 0.3 is 0 Å². The Bertz CT molecular complexity index is 788. The Morgan fingerprint density at radius 2 is 1.84 bits per heavy atom. The highest BCUT2D eigenvalue weighted by molar-refractivity contribution is 8.00. The standard InChI is InChI=1S/C20H20ClFN2S/c1-20(14-24-13-12-23-15-24,25-19-8-4-17(21)5-9-19)11-10-16-2-6-18(22)7-3-16/h2-9,12-13,15H,10-11,14H2,1H3. The summed E-state index contributed by atoms with van der Waals surface area (Å²) in [5, 5.41) is 0.743. The molecule has 0 N–H and O–H groups in total. The van der Waals surface area contributed by atoms with E-state index in [0.29, 0.717) is 0 Å². The number of rotatable bonds is 7. The van der Waals surface area contributed by atoms with Crippen molar-refractivity contribution in [2.75, 3.05) is 0 Å². The third-order valence-corrected chi connectivity index (χ3v) is 5.70. The maximum atomic E-state index is 13.1. The number of imidazole rings is 1. The van der Waals surface area contributed by atoms with Crippen LogP contribution in [-0.2, 0) is 13.0 Å². The van der Waals surface area contributed by atoms with Gasteiger partial charge in [-0.3, -0.25) is 0 Å². The summed E-state index contributed by atoms with van der Waals surface area (Å²) in [5.41, 5.74) is 1.15.